The summed E-state index contributed by atoms with van der Waals surface area (Å²) in [7, 11) is 3.78. The third-order valence-corrected chi connectivity index (χ3v) is 6.72. The lowest BCUT2D eigenvalue weighted by molar-refractivity contribution is 0.312. The minimum Gasteiger partial charge on any atom is -0.497 e. The molecule has 2 aliphatic heterocycles. The van der Waals surface area contributed by atoms with Crippen LogP contribution in [0.4, 0.5) is 11.5 Å². The maximum absolute atomic E-state index is 10.5. The van der Waals surface area contributed by atoms with Crippen LogP contribution < -0.4 is 20.1 Å². The van der Waals surface area contributed by atoms with Crippen molar-refractivity contribution < 1.29 is 9.84 Å². The summed E-state index contributed by atoms with van der Waals surface area (Å²) in [5.41, 5.74) is 4.13. The number of hydrogen-bond donors (Lipinski definition) is 2. The van der Waals surface area contributed by atoms with Gasteiger partial charge in [0.15, 0.2) is 5.88 Å². The highest BCUT2D eigenvalue weighted by Crippen LogP contribution is 2.31. The molecule has 4 heterocycles. The number of piperazine rings is 1. The van der Waals surface area contributed by atoms with Crippen LogP contribution in [0, 0.1) is 0 Å². The van der Waals surface area contributed by atoms with Crippen LogP contribution in [0.5, 0.6) is 11.6 Å². The smallest absolute Gasteiger partial charge is 0.196 e. The average molecular weight is 467 g/mol. The van der Waals surface area contributed by atoms with Crippen LogP contribution in [-0.2, 0) is 0 Å². The van der Waals surface area contributed by atoms with Crippen LogP contribution in [0.3, 0.4) is 0 Å². The van der Waals surface area contributed by atoms with E-state index in [4.69, 9.17) is 9.72 Å². The lowest BCUT2D eigenvalue weighted by atomic mass is 10.1. The number of anilines is 1. The predicted molar refractivity (Wildman–Crippen MR) is 137 cm³/mol. The number of nitrogens with one attached hydrogen (secondary N) is 1. The number of nitrogens with zero attached hydrogens (tertiary/aromatic N) is 5. The first-order valence-corrected chi connectivity index (χ1v) is 11.7. The summed E-state index contributed by atoms with van der Waals surface area (Å²) in [5, 5.41) is 22.1. The van der Waals surface area contributed by atoms with E-state index in [0.717, 1.165) is 76.0 Å². The number of ether oxygens (including phenoxy) is 1. The lowest BCUT2D eigenvalue weighted by Crippen LogP contribution is -2.44. The highest BCUT2D eigenvalue weighted by atomic mass is 16.5. The number of hydrogen-bond acceptors (Lipinski definition) is 7. The fourth-order valence-electron chi connectivity index (χ4n) is 4.66. The van der Waals surface area contributed by atoms with Crippen molar-refractivity contribution in [1.82, 2.24) is 14.9 Å². The summed E-state index contributed by atoms with van der Waals surface area (Å²) in [5.74, 6) is 1.85. The van der Waals surface area contributed by atoms with Gasteiger partial charge in [0.05, 0.1) is 12.8 Å². The molecule has 6 rings (SSSR count). The van der Waals surface area contributed by atoms with Gasteiger partial charge in [0.25, 0.3) is 0 Å². The molecule has 2 aliphatic rings. The van der Waals surface area contributed by atoms with Crippen LogP contribution in [0.1, 0.15) is 11.1 Å². The molecule has 176 valence electrons. The molecule has 8 heteroatoms. The van der Waals surface area contributed by atoms with Crippen LogP contribution in [0.15, 0.2) is 65.0 Å². The van der Waals surface area contributed by atoms with Gasteiger partial charge < -0.3 is 24.6 Å². The molecular formula is C27H26N6O2. The van der Waals surface area contributed by atoms with Crippen molar-refractivity contribution in [2.24, 2.45) is 10.2 Å². The summed E-state index contributed by atoms with van der Waals surface area (Å²) in [6, 6.07) is 15.8. The Hall–Kier alpha value is -4.17. The van der Waals surface area contributed by atoms with Gasteiger partial charge in [0.2, 0.25) is 0 Å². The van der Waals surface area contributed by atoms with Crippen LogP contribution in [0.2, 0.25) is 0 Å². The molecule has 2 aromatic heterocycles. The molecule has 0 bridgehead atoms. The van der Waals surface area contributed by atoms with E-state index in [9.17, 15) is 5.11 Å². The van der Waals surface area contributed by atoms with E-state index in [0.29, 0.717) is 5.56 Å². The molecular weight excluding hydrogens is 440 g/mol. The zero-order valence-corrected chi connectivity index (χ0v) is 19.7. The van der Waals surface area contributed by atoms with Gasteiger partial charge in [0.1, 0.15) is 17.3 Å². The Balaban J connectivity index is 1.34. The molecule has 0 atom stereocenters. The molecule has 0 spiro atoms. The number of aromatic hydroxyl groups is 1. The Morgan fingerprint density at radius 3 is 2.63 bits per heavy atom. The summed E-state index contributed by atoms with van der Waals surface area (Å²) in [6.07, 6.45) is 3.82. The van der Waals surface area contributed by atoms with Gasteiger partial charge in [-0.15, -0.1) is 10.2 Å². The average Bonchev–Trinajstić information content (AvgIpc) is 3.44. The van der Waals surface area contributed by atoms with Crippen molar-refractivity contribution in [2.45, 2.75) is 0 Å². The Labute approximate surface area is 202 Å². The number of fused-ring (bicyclic) bond motifs is 2. The fourth-order valence-corrected chi connectivity index (χ4v) is 4.66. The molecule has 0 radical (unpaired) electrons. The topological polar surface area (TPSA) is 89.3 Å². The number of pyridine rings is 1. The first kappa shape index (κ1) is 21.4. The minimum absolute atomic E-state index is 0.120. The zero-order chi connectivity index (χ0) is 23.9. The Morgan fingerprint density at radius 2 is 1.86 bits per heavy atom. The lowest BCUT2D eigenvalue weighted by Gasteiger charge is -2.33. The van der Waals surface area contributed by atoms with Gasteiger partial charge >= 0.3 is 0 Å². The van der Waals surface area contributed by atoms with Crippen molar-refractivity contribution in [3.05, 3.63) is 76.3 Å². The van der Waals surface area contributed by atoms with Gasteiger partial charge in [-0.25, -0.2) is 4.98 Å². The predicted octanol–water partition coefficient (Wildman–Crippen LogP) is 3.11. The fraction of sp³-hybridized carbons (Fsp3) is 0.222. The van der Waals surface area contributed by atoms with Crippen LogP contribution >= 0.6 is 0 Å². The molecule has 4 aromatic rings. The van der Waals surface area contributed by atoms with Crippen molar-refractivity contribution in [3.8, 4) is 11.6 Å². The highest BCUT2D eigenvalue weighted by Gasteiger charge is 2.17. The molecule has 0 unspecified atom stereocenters. The summed E-state index contributed by atoms with van der Waals surface area (Å²) in [4.78, 5) is 12.4. The number of likely N-dealkylation sites (N-methyl/N-ethyl adjacent to an activating group) is 1. The van der Waals surface area contributed by atoms with Crippen molar-refractivity contribution in [1.29, 1.82) is 0 Å². The molecule has 8 nitrogen and oxygen atoms in total. The van der Waals surface area contributed by atoms with E-state index < -0.39 is 0 Å². The quantitative estimate of drug-likeness (QED) is 0.483. The van der Waals surface area contributed by atoms with E-state index in [2.05, 4.69) is 44.2 Å². The largest absolute Gasteiger partial charge is 0.497 e. The van der Waals surface area contributed by atoms with E-state index in [1.807, 2.05) is 48.7 Å². The van der Waals surface area contributed by atoms with E-state index in [1.165, 1.54) is 0 Å². The monoisotopic (exact) mass is 466 g/mol. The molecule has 1 fully saturated rings. The Kier molecular flexibility index (Phi) is 5.22. The second-order valence-corrected chi connectivity index (χ2v) is 8.96. The normalized spacial score (nSPS) is 16.3. The van der Waals surface area contributed by atoms with Crippen LogP contribution in [-0.4, -0.2) is 60.3 Å². The number of rotatable bonds is 4. The number of aromatic nitrogens is 2. The second kappa shape index (κ2) is 8.56. The Bertz CT molecular complexity index is 1560. The van der Waals surface area contributed by atoms with Crippen molar-refractivity contribution in [3.63, 3.8) is 0 Å². The number of benzene rings is 2. The maximum Gasteiger partial charge on any atom is 0.196 e. The maximum atomic E-state index is 10.5. The van der Waals surface area contributed by atoms with Crippen molar-refractivity contribution in [2.75, 3.05) is 45.2 Å². The standard InChI is InChI=1S/C27H26N6O2/c1-32-9-11-33(12-10-32)25-8-4-18(16-28-25)26-20-6-3-17(14-24(20)30-31-26)13-22-21-15-19(35-2)5-7-23(21)29-27(22)34/h3-8,13-16,29,34H,9-12H2,1-2H3. The number of H-pyrrole nitrogens is 1. The summed E-state index contributed by atoms with van der Waals surface area (Å²) < 4.78 is 5.35. The molecule has 2 aromatic carbocycles. The highest BCUT2D eigenvalue weighted by molar-refractivity contribution is 5.92. The number of azo groups is 1. The number of aromatic amines is 1. The summed E-state index contributed by atoms with van der Waals surface area (Å²) in [6.45, 7) is 4.07. The van der Waals surface area contributed by atoms with E-state index in [1.54, 1.807) is 7.11 Å². The Morgan fingerprint density at radius 1 is 1.00 bits per heavy atom. The third-order valence-electron chi connectivity index (χ3n) is 6.72. The van der Waals surface area contributed by atoms with Crippen LogP contribution in [0.25, 0.3) is 22.7 Å². The molecule has 0 aliphatic carbocycles. The van der Waals surface area contributed by atoms with Gasteiger partial charge in [-0.3, -0.25) is 0 Å². The molecule has 0 amide bonds. The van der Waals surface area contributed by atoms with Gasteiger partial charge in [0, 0.05) is 59.6 Å². The molecule has 2 N–H and O–H groups in total. The number of methoxy groups -OCH3 is 1. The van der Waals surface area contributed by atoms with E-state index >= 15 is 0 Å². The molecule has 0 saturated carbocycles. The first-order valence-electron chi connectivity index (χ1n) is 11.7. The zero-order valence-electron chi connectivity index (χ0n) is 19.7. The van der Waals surface area contributed by atoms with Gasteiger partial charge in [-0.2, -0.15) is 0 Å². The van der Waals surface area contributed by atoms with E-state index in [-0.39, 0.29) is 5.88 Å². The minimum atomic E-state index is 0.120. The van der Waals surface area contributed by atoms with Crippen molar-refractivity contribution >= 4 is 34.2 Å². The van der Waals surface area contributed by atoms with Gasteiger partial charge in [-0.05, 0) is 60.8 Å². The first-order chi connectivity index (χ1) is 17.1. The van der Waals surface area contributed by atoms with Gasteiger partial charge in [-0.1, -0.05) is 6.07 Å². The second-order valence-electron chi connectivity index (χ2n) is 8.96. The third kappa shape index (κ3) is 3.91. The SMILES string of the molecule is COc1ccc2[nH]c(O)c(C=c3ccc4c(c3)N=NC=4c3ccc(N4CCN(C)CC4)nc3)c2c1. The summed E-state index contributed by atoms with van der Waals surface area (Å²) >= 11 is 0. The molecule has 1 saturated heterocycles. The molecule has 35 heavy (non-hydrogen) atoms.